The quantitative estimate of drug-likeness (QED) is 0.368. The van der Waals surface area contributed by atoms with Gasteiger partial charge in [0.1, 0.15) is 0 Å². The van der Waals surface area contributed by atoms with E-state index < -0.39 is 0 Å². The van der Waals surface area contributed by atoms with Crippen LogP contribution in [0.3, 0.4) is 0 Å². The summed E-state index contributed by atoms with van der Waals surface area (Å²) in [6, 6.07) is 16.8. The number of rotatable bonds is 5. The number of hydrogen-bond donors (Lipinski definition) is 2. The summed E-state index contributed by atoms with van der Waals surface area (Å²) in [4.78, 5) is 11.6. The first-order chi connectivity index (χ1) is 13.7. The third kappa shape index (κ3) is 5.48. The normalized spacial score (nSPS) is 24.1. The Balaban J connectivity index is 0.00000240. The number of guanidine groups is 1. The van der Waals surface area contributed by atoms with Gasteiger partial charge in [0.15, 0.2) is 5.96 Å². The van der Waals surface area contributed by atoms with Gasteiger partial charge in [0.25, 0.3) is 0 Å². The van der Waals surface area contributed by atoms with E-state index in [9.17, 15) is 0 Å². The van der Waals surface area contributed by atoms with Gasteiger partial charge in [0.05, 0.1) is 12.2 Å². The molecular formula is C23H32IN5. The van der Waals surface area contributed by atoms with E-state index in [1.807, 2.05) is 19.3 Å². The lowest BCUT2D eigenvalue weighted by molar-refractivity contribution is 0.114. The van der Waals surface area contributed by atoms with Gasteiger partial charge < -0.3 is 10.6 Å². The van der Waals surface area contributed by atoms with Crippen LogP contribution in [0.1, 0.15) is 42.5 Å². The number of aliphatic imine (C=N–C) groups is 1. The van der Waals surface area contributed by atoms with E-state index in [0.717, 1.165) is 18.2 Å². The Morgan fingerprint density at radius 1 is 1.10 bits per heavy atom. The molecule has 2 bridgehead atoms. The van der Waals surface area contributed by atoms with Crippen LogP contribution in [-0.4, -0.2) is 41.0 Å². The third-order valence-corrected chi connectivity index (χ3v) is 6.20. The number of hydrogen-bond acceptors (Lipinski definition) is 3. The van der Waals surface area contributed by atoms with E-state index in [2.05, 4.69) is 68.8 Å². The summed E-state index contributed by atoms with van der Waals surface area (Å²) >= 11 is 0. The summed E-state index contributed by atoms with van der Waals surface area (Å²) in [7, 11) is 1.85. The highest BCUT2D eigenvalue weighted by atomic mass is 127. The summed E-state index contributed by atoms with van der Waals surface area (Å²) in [6.07, 6.45) is 6.85. The molecule has 0 saturated carbocycles. The summed E-state index contributed by atoms with van der Waals surface area (Å²) in [5.74, 6) is 0.881. The van der Waals surface area contributed by atoms with Crippen LogP contribution in [0, 0.1) is 6.92 Å². The molecule has 0 spiro atoms. The lowest BCUT2D eigenvalue weighted by atomic mass is 9.96. The molecular weight excluding hydrogens is 473 g/mol. The Morgan fingerprint density at radius 3 is 2.48 bits per heavy atom. The molecule has 2 N–H and O–H groups in total. The van der Waals surface area contributed by atoms with Gasteiger partial charge in [-0.05, 0) is 49.8 Å². The predicted molar refractivity (Wildman–Crippen MR) is 130 cm³/mol. The van der Waals surface area contributed by atoms with E-state index in [1.165, 1.54) is 36.8 Å². The zero-order chi connectivity index (χ0) is 19.3. The molecule has 5 nitrogen and oxygen atoms in total. The topological polar surface area (TPSA) is 52.6 Å². The molecule has 3 heterocycles. The fourth-order valence-corrected chi connectivity index (χ4v) is 4.70. The minimum Gasteiger partial charge on any atom is -0.354 e. The highest BCUT2D eigenvalue weighted by molar-refractivity contribution is 14.0. The maximum atomic E-state index is 4.46. The molecule has 4 rings (SSSR count). The van der Waals surface area contributed by atoms with Crippen molar-refractivity contribution < 1.29 is 0 Å². The van der Waals surface area contributed by atoms with Crippen LogP contribution in [-0.2, 0) is 13.1 Å². The molecule has 156 valence electrons. The van der Waals surface area contributed by atoms with Crippen molar-refractivity contribution in [2.45, 2.75) is 63.8 Å². The van der Waals surface area contributed by atoms with Crippen molar-refractivity contribution in [2.75, 3.05) is 7.05 Å². The average Bonchev–Trinajstić information content (AvgIpc) is 2.95. The number of halogens is 1. The largest absolute Gasteiger partial charge is 0.354 e. The molecule has 2 aliphatic heterocycles. The van der Waals surface area contributed by atoms with Crippen molar-refractivity contribution >= 4 is 29.9 Å². The number of pyridine rings is 1. The van der Waals surface area contributed by atoms with Gasteiger partial charge in [0.2, 0.25) is 0 Å². The van der Waals surface area contributed by atoms with Crippen LogP contribution in [0.4, 0.5) is 0 Å². The second kappa shape index (κ2) is 10.4. The Hall–Kier alpha value is -1.67. The van der Waals surface area contributed by atoms with Crippen LogP contribution < -0.4 is 10.6 Å². The molecule has 2 saturated heterocycles. The van der Waals surface area contributed by atoms with Crippen molar-refractivity contribution in [3.8, 4) is 0 Å². The molecule has 0 amide bonds. The second-order valence-electron chi connectivity index (χ2n) is 8.05. The first-order valence-electron chi connectivity index (χ1n) is 10.4. The lowest BCUT2D eigenvalue weighted by Gasteiger charge is -2.39. The van der Waals surface area contributed by atoms with Gasteiger partial charge >= 0.3 is 0 Å². The highest BCUT2D eigenvalue weighted by Gasteiger charge is 2.40. The van der Waals surface area contributed by atoms with Gasteiger partial charge in [-0.15, -0.1) is 24.0 Å². The number of nitrogens with zero attached hydrogens (tertiary/aromatic N) is 3. The Labute approximate surface area is 191 Å². The van der Waals surface area contributed by atoms with E-state index in [-0.39, 0.29) is 24.0 Å². The summed E-state index contributed by atoms with van der Waals surface area (Å²) < 4.78 is 0. The maximum Gasteiger partial charge on any atom is 0.191 e. The number of piperidine rings is 1. The van der Waals surface area contributed by atoms with E-state index in [4.69, 9.17) is 0 Å². The lowest BCUT2D eigenvalue weighted by Crippen LogP contribution is -2.52. The van der Waals surface area contributed by atoms with Crippen LogP contribution in [0.25, 0.3) is 0 Å². The van der Waals surface area contributed by atoms with Crippen molar-refractivity contribution in [2.24, 2.45) is 4.99 Å². The van der Waals surface area contributed by atoms with Crippen molar-refractivity contribution in [3.63, 3.8) is 0 Å². The molecule has 2 atom stereocenters. The Kier molecular flexibility index (Phi) is 7.89. The summed E-state index contributed by atoms with van der Waals surface area (Å²) in [6.45, 7) is 3.88. The molecule has 29 heavy (non-hydrogen) atoms. The average molecular weight is 505 g/mol. The van der Waals surface area contributed by atoms with Crippen molar-refractivity contribution in [1.82, 2.24) is 20.5 Å². The summed E-state index contributed by atoms with van der Waals surface area (Å²) in [5, 5.41) is 7.10. The van der Waals surface area contributed by atoms with E-state index in [1.54, 1.807) is 0 Å². The number of benzene rings is 1. The minimum absolute atomic E-state index is 0. The fourth-order valence-electron chi connectivity index (χ4n) is 4.70. The van der Waals surface area contributed by atoms with Crippen LogP contribution >= 0.6 is 24.0 Å². The predicted octanol–water partition coefficient (Wildman–Crippen LogP) is 3.87. The van der Waals surface area contributed by atoms with Crippen LogP contribution in [0.5, 0.6) is 0 Å². The zero-order valence-electron chi connectivity index (χ0n) is 17.3. The first-order valence-corrected chi connectivity index (χ1v) is 10.4. The van der Waals surface area contributed by atoms with Gasteiger partial charge in [-0.1, -0.05) is 36.4 Å². The number of aromatic nitrogens is 1. The molecule has 2 aliphatic rings. The van der Waals surface area contributed by atoms with Gasteiger partial charge in [-0.2, -0.15) is 0 Å². The molecule has 0 aliphatic carbocycles. The smallest absolute Gasteiger partial charge is 0.191 e. The monoisotopic (exact) mass is 505 g/mol. The maximum absolute atomic E-state index is 4.46. The van der Waals surface area contributed by atoms with Gasteiger partial charge in [-0.25, -0.2) is 0 Å². The Bertz CT molecular complexity index is 796. The number of nitrogens with one attached hydrogen (secondary N) is 2. The van der Waals surface area contributed by atoms with Crippen molar-refractivity contribution in [3.05, 3.63) is 65.5 Å². The Morgan fingerprint density at radius 2 is 1.83 bits per heavy atom. The molecule has 2 aromatic rings. The molecule has 2 fully saturated rings. The fraction of sp³-hybridized carbons (Fsp3) is 0.478. The summed E-state index contributed by atoms with van der Waals surface area (Å²) in [5.41, 5.74) is 3.70. The van der Waals surface area contributed by atoms with E-state index >= 15 is 0 Å². The first kappa shape index (κ1) is 22.0. The molecule has 6 heteroatoms. The van der Waals surface area contributed by atoms with E-state index in [0.29, 0.717) is 24.7 Å². The van der Waals surface area contributed by atoms with Gasteiger partial charge in [0, 0.05) is 37.9 Å². The minimum atomic E-state index is 0. The van der Waals surface area contributed by atoms with Crippen LogP contribution in [0.2, 0.25) is 0 Å². The molecule has 2 unspecified atom stereocenters. The highest BCUT2D eigenvalue weighted by Crippen LogP contribution is 2.36. The SMILES string of the molecule is CN=C(NCc1ncccc1C)NC1CC2CCC(C1)N2Cc1ccccc1.I. The van der Waals surface area contributed by atoms with Crippen molar-refractivity contribution in [1.29, 1.82) is 0 Å². The number of aryl methyl sites for hydroxylation is 1. The van der Waals surface area contributed by atoms with Gasteiger partial charge in [-0.3, -0.25) is 14.9 Å². The van der Waals surface area contributed by atoms with Crippen LogP contribution in [0.15, 0.2) is 53.7 Å². The molecule has 1 aromatic carbocycles. The number of fused-ring (bicyclic) bond motifs is 2. The molecule has 1 aromatic heterocycles. The zero-order valence-corrected chi connectivity index (χ0v) is 19.7. The third-order valence-electron chi connectivity index (χ3n) is 6.20. The second-order valence-corrected chi connectivity index (χ2v) is 8.05. The molecule has 0 radical (unpaired) electrons. The standard InChI is InChI=1S/C23H31N5.HI/c1-17-7-6-12-25-22(17)15-26-23(24-2)27-19-13-20-10-11-21(14-19)28(20)16-18-8-4-3-5-9-18;/h3-9,12,19-21H,10-11,13-16H2,1-2H3,(H2,24,26,27);1H.